The molecule has 3 aromatic carbocycles. The van der Waals surface area contributed by atoms with Crippen LogP contribution in [0.2, 0.25) is 10.0 Å². The van der Waals surface area contributed by atoms with Crippen molar-refractivity contribution in [3.63, 3.8) is 0 Å². The summed E-state index contributed by atoms with van der Waals surface area (Å²) >= 11 is 12.9. The number of aryl methyl sites for hydroxylation is 1. The van der Waals surface area contributed by atoms with E-state index in [4.69, 9.17) is 27.9 Å². The minimum Gasteiger partial charge on any atom is -0.495 e. The van der Waals surface area contributed by atoms with Gasteiger partial charge >= 0.3 is 0 Å². The van der Waals surface area contributed by atoms with Crippen molar-refractivity contribution >= 4 is 50.7 Å². The Bertz CT molecular complexity index is 1460. The van der Waals surface area contributed by atoms with Crippen LogP contribution in [0.5, 0.6) is 5.75 Å². The number of nitrogens with zero attached hydrogens (tertiary/aromatic N) is 2. The first kappa shape index (κ1) is 32.2. The molecule has 3 aromatic rings. The second-order valence-corrected chi connectivity index (χ2v) is 12.4. The van der Waals surface area contributed by atoms with E-state index in [0.717, 1.165) is 9.87 Å². The van der Waals surface area contributed by atoms with Gasteiger partial charge < -0.3 is 15.0 Å². The van der Waals surface area contributed by atoms with Gasteiger partial charge in [-0.15, -0.1) is 0 Å². The summed E-state index contributed by atoms with van der Waals surface area (Å²) in [6, 6.07) is 16.8. The van der Waals surface area contributed by atoms with Crippen molar-refractivity contribution in [3.05, 3.63) is 87.9 Å². The molecule has 1 N–H and O–H groups in total. The average Bonchev–Trinajstić information content (AvgIpc) is 2.95. The first-order chi connectivity index (χ1) is 19.4. The highest BCUT2D eigenvalue weighted by Crippen LogP contribution is 2.34. The molecule has 0 spiro atoms. The number of amides is 2. The second-order valence-electron chi connectivity index (χ2n) is 9.72. The lowest BCUT2D eigenvalue weighted by Gasteiger charge is -2.33. The minimum absolute atomic E-state index is 0.000352. The molecule has 41 heavy (non-hydrogen) atoms. The molecule has 0 aliphatic rings. The van der Waals surface area contributed by atoms with Gasteiger partial charge in [0.2, 0.25) is 11.8 Å². The molecule has 2 atom stereocenters. The number of carbonyl (C=O) groups is 2. The summed E-state index contributed by atoms with van der Waals surface area (Å²) in [5, 5.41) is 3.53. The fourth-order valence-electron chi connectivity index (χ4n) is 4.13. The summed E-state index contributed by atoms with van der Waals surface area (Å²) in [5.74, 6) is -0.747. The summed E-state index contributed by atoms with van der Waals surface area (Å²) in [7, 11) is -2.81. The topological polar surface area (TPSA) is 96.0 Å². The maximum absolute atomic E-state index is 14.1. The normalized spacial score (nSPS) is 12.8. The lowest BCUT2D eigenvalue weighted by molar-refractivity contribution is -0.139. The number of nitrogens with one attached hydrogen (secondary N) is 1. The third kappa shape index (κ3) is 7.72. The Hall–Kier alpha value is -3.27. The number of benzene rings is 3. The van der Waals surface area contributed by atoms with E-state index >= 15 is 0 Å². The van der Waals surface area contributed by atoms with Crippen LogP contribution in [0.4, 0.5) is 5.69 Å². The fourth-order valence-corrected chi connectivity index (χ4v) is 6.08. The van der Waals surface area contributed by atoms with Gasteiger partial charge in [-0.3, -0.25) is 13.9 Å². The van der Waals surface area contributed by atoms with Crippen molar-refractivity contribution in [2.24, 2.45) is 0 Å². The quantitative estimate of drug-likeness (QED) is 0.275. The SMILES string of the molecule is CCC(C)NC(=O)C(C)N(Cc1c(Cl)cccc1Cl)C(=O)CN(c1cc(C)ccc1OC)S(=O)(=O)c1ccccc1. The standard InChI is InChI=1S/C30H35Cl2N3O5S/c1-6-21(3)33-30(37)22(4)34(18-24-25(31)13-10-14-26(24)32)29(36)19-35(27-17-20(2)15-16-28(27)40-5)41(38,39)23-11-8-7-9-12-23/h7-17,21-22H,6,18-19H2,1-5H3,(H,33,37). The van der Waals surface area contributed by atoms with Crippen LogP contribution in [-0.4, -0.2) is 50.9 Å². The summed E-state index contributed by atoms with van der Waals surface area (Å²) in [6.45, 7) is 6.47. The Kier molecular flexibility index (Phi) is 11.1. The molecule has 2 unspecified atom stereocenters. The second kappa shape index (κ2) is 14.1. The van der Waals surface area contributed by atoms with Gasteiger partial charge in [0.1, 0.15) is 18.3 Å². The van der Waals surface area contributed by atoms with Gasteiger partial charge in [-0.1, -0.05) is 60.5 Å². The fraction of sp³-hybridized carbons (Fsp3) is 0.333. The zero-order valence-electron chi connectivity index (χ0n) is 23.7. The van der Waals surface area contributed by atoms with E-state index in [0.29, 0.717) is 22.0 Å². The van der Waals surface area contributed by atoms with Crippen LogP contribution in [-0.2, 0) is 26.2 Å². The molecule has 8 nitrogen and oxygen atoms in total. The van der Waals surface area contributed by atoms with Crippen LogP contribution in [0.25, 0.3) is 0 Å². The number of carbonyl (C=O) groups excluding carboxylic acids is 2. The summed E-state index contributed by atoms with van der Waals surface area (Å²) in [5.41, 5.74) is 1.40. The molecule has 3 rings (SSSR count). The van der Waals surface area contributed by atoms with Gasteiger partial charge in [0.05, 0.1) is 17.7 Å². The predicted octanol–water partition coefficient (Wildman–Crippen LogP) is 5.84. The Morgan fingerprint density at radius 1 is 0.976 bits per heavy atom. The Morgan fingerprint density at radius 3 is 2.20 bits per heavy atom. The predicted molar refractivity (Wildman–Crippen MR) is 163 cm³/mol. The zero-order valence-corrected chi connectivity index (χ0v) is 26.1. The van der Waals surface area contributed by atoms with E-state index in [2.05, 4.69) is 5.32 Å². The Labute approximate surface area is 252 Å². The molecule has 0 saturated carbocycles. The number of hydrogen-bond donors (Lipinski definition) is 1. The van der Waals surface area contributed by atoms with Gasteiger partial charge in [0, 0.05) is 28.2 Å². The monoisotopic (exact) mass is 619 g/mol. The van der Waals surface area contributed by atoms with Gasteiger partial charge in [-0.25, -0.2) is 8.42 Å². The van der Waals surface area contributed by atoms with Crippen molar-refractivity contribution < 1.29 is 22.7 Å². The zero-order chi connectivity index (χ0) is 30.3. The molecule has 2 amide bonds. The van der Waals surface area contributed by atoms with E-state index in [-0.39, 0.29) is 34.8 Å². The maximum Gasteiger partial charge on any atom is 0.264 e. The van der Waals surface area contributed by atoms with Gasteiger partial charge in [-0.2, -0.15) is 0 Å². The molecule has 0 radical (unpaired) electrons. The van der Waals surface area contributed by atoms with Crippen LogP contribution in [0.1, 0.15) is 38.3 Å². The van der Waals surface area contributed by atoms with Crippen LogP contribution in [0.15, 0.2) is 71.6 Å². The van der Waals surface area contributed by atoms with E-state index in [1.165, 1.54) is 24.1 Å². The van der Waals surface area contributed by atoms with Gasteiger partial charge in [0.15, 0.2) is 0 Å². The number of anilines is 1. The highest BCUT2D eigenvalue weighted by Gasteiger charge is 2.34. The number of hydrogen-bond acceptors (Lipinski definition) is 5. The molecule has 0 saturated heterocycles. The molecule has 0 heterocycles. The van der Waals surface area contributed by atoms with E-state index < -0.39 is 28.5 Å². The number of ether oxygens (including phenoxy) is 1. The molecule has 0 aliphatic carbocycles. The summed E-state index contributed by atoms with van der Waals surface area (Å²) in [6.07, 6.45) is 0.693. The molecular weight excluding hydrogens is 585 g/mol. The van der Waals surface area contributed by atoms with E-state index in [9.17, 15) is 18.0 Å². The average molecular weight is 621 g/mol. The molecule has 0 aliphatic heterocycles. The van der Waals surface area contributed by atoms with Crippen LogP contribution < -0.4 is 14.4 Å². The third-order valence-electron chi connectivity index (χ3n) is 6.77. The van der Waals surface area contributed by atoms with E-state index in [1.807, 2.05) is 20.8 Å². The smallest absolute Gasteiger partial charge is 0.264 e. The number of sulfonamides is 1. The van der Waals surface area contributed by atoms with Crippen LogP contribution >= 0.6 is 23.2 Å². The molecule has 220 valence electrons. The van der Waals surface area contributed by atoms with Crippen molar-refractivity contribution in [3.8, 4) is 5.75 Å². The van der Waals surface area contributed by atoms with Crippen LogP contribution in [0.3, 0.4) is 0 Å². The molecule has 11 heteroatoms. The first-order valence-corrected chi connectivity index (χ1v) is 15.3. The van der Waals surface area contributed by atoms with E-state index in [1.54, 1.807) is 61.5 Å². The van der Waals surface area contributed by atoms with Crippen molar-refractivity contribution in [1.29, 1.82) is 0 Å². The highest BCUT2D eigenvalue weighted by molar-refractivity contribution is 7.92. The molecular formula is C30H35Cl2N3O5S. The lowest BCUT2D eigenvalue weighted by Crippen LogP contribution is -2.52. The number of halogens is 2. The number of rotatable bonds is 12. The number of methoxy groups -OCH3 is 1. The molecule has 0 bridgehead atoms. The largest absolute Gasteiger partial charge is 0.495 e. The Balaban J connectivity index is 2.12. The van der Waals surface area contributed by atoms with Gasteiger partial charge in [0.25, 0.3) is 10.0 Å². The van der Waals surface area contributed by atoms with Crippen LogP contribution in [0, 0.1) is 6.92 Å². The minimum atomic E-state index is -4.24. The summed E-state index contributed by atoms with van der Waals surface area (Å²) < 4.78 is 34.5. The maximum atomic E-state index is 14.1. The molecule has 0 fully saturated rings. The van der Waals surface area contributed by atoms with Gasteiger partial charge in [-0.05, 0) is 69.2 Å². The third-order valence-corrected chi connectivity index (χ3v) is 9.25. The van der Waals surface area contributed by atoms with Crippen molar-refractivity contribution in [2.75, 3.05) is 18.0 Å². The van der Waals surface area contributed by atoms with Crippen molar-refractivity contribution in [1.82, 2.24) is 10.2 Å². The summed E-state index contributed by atoms with van der Waals surface area (Å²) in [4.78, 5) is 28.6. The molecule has 0 aromatic heterocycles. The lowest BCUT2D eigenvalue weighted by atomic mass is 10.1. The highest BCUT2D eigenvalue weighted by atomic mass is 35.5. The van der Waals surface area contributed by atoms with Crippen molar-refractivity contribution in [2.45, 2.75) is 57.6 Å². The first-order valence-electron chi connectivity index (χ1n) is 13.2. The Morgan fingerprint density at radius 2 is 1.61 bits per heavy atom.